The van der Waals surface area contributed by atoms with Gasteiger partial charge in [-0.25, -0.2) is 13.8 Å². The highest BCUT2D eigenvalue weighted by Crippen LogP contribution is 2.35. The SMILES string of the molecule is C#CCN1C(=O)COc2cc(F)c(-n3c(=O)cc(C(F)(F)F)n(C)c3=O)cc21.CC. The minimum Gasteiger partial charge on any atom is -0.481 e. The van der Waals surface area contributed by atoms with Gasteiger partial charge in [0.05, 0.1) is 17.9 Å². The zero-order chi connectivity index (χ0) is 22.8. The lowest BCUT2D eigenvalue weighted by atomic mass is 10.2. The topological polar surface area (TPSA) is 73.5 Å². The first-order valence-electron chi connectivity index (χ1n) is 8.67. The van der Waals surface area contributed by atoms with Crippen molar-refractivity contribution < 1.29 is 27.1 Å². The van der Waals surface area contributed by atoms with Crippen molar-refractivity contribution in [2.24, 2.45) is 7.05 Å². The van der Waals surface area contributed by atoms with Gasteiger partial charge >= 0.3 is 11.9 Å². The van der Waals surface area contributed by atoms with Gasteiger partial charge in [0.15, 0.2) is 12.4 Å². The Balaban J connectivity index is 0.00000155. The first kappa shape index (κ1) is 22.7. The number of benzene rings is 1. The molecule has 7 nitrogen and oxygen atoms in total. The van der Waals surface area contributed by atoms with Gasteiger partial charge in [-0.05, 0) is 6.07 Å². The second-order valence-electron chi connectivity index (χ2n) is 5.79. The molecule has 1 aromatic heterocycles. The zero-order valence-corrected chi connectivity index (χ0v) is 16.2. The number of hydrogen-bond acceptors (Lipinski definition) is 4. The summed E-state index contributed by atoms with van der Waals surface area (Å²) in [7, 11) is 0.800. The van der Waals surface area contributed by atoms with Crippen LogP contribution in [0.1, 0.15) is 19.5 Å². The van der Waals surface area contributed by atoms with E-state index in [4.69, 9.17) is 11.2 Å². The molecule has 2 heterocycles. The minimum atomic E-state index is -4.95. The number of carbonyl (C=O) groups excluding carboxylic acids is 1. The Morgan fingerprint density at radius 1 is 1.13 bits per heavy atom. The van der Waals surface area contributed by atoms with Gasteiger partial charge in [-0.2, -0.15) is 13.2 Å². The van der Waals surface area contributed by atoms with E-state index in [0.717, 1.165) is 24.1 Å². The molecule has 1 aliphatic rings. The fraction of sp³-hybridized carbons (Fsp3) is 0.316. The van der Waals surface area contributed by atoms with E-state index in [-0.39, 0.29) is 33.2 Å². The lowest BCUT2D eigenvalue weighted by molar-refractivity contribution is -0.144. The van der Waals surface area contributed by atoms with E-state index in [0.29, 0.717) is 0 Å². The largest absolute Gasteiger partial charge is 0.481 e. The van der Waals surface area contributed by atoms with Gasteiger partial charge in [0.2, 0.25) is 0 Å². The molecule has 1 aromatic carbocycles. The van der Waals surface area contributed by atoms with Crippen molar-refractivity contribution in [1.29, 1.82) is 0 Å². The summed E-state index contributed by atoms with van der Waals surface area (Å²) in [6.45, 7) is 3.41. The van der Waals surface area contributed by atoms with Crippen molar-refractivity contribution in [3.8, 4) is 23.8 Å². The van der Waals surface area contributed by atoms with Crippen molar-refractivity contribution in [3.63, 3.8) is 0 Å². The van der Waals surface area contributed by atoms with E-state index < -0.39 is 47.1 Å². The van der Waals surface area contributed by atoms with Crippen LogP contribution in [0.5, 0.6) is 5.75 Å². The normalized spacial score (nSPS) is 13.0. The number of ether oxygens (including phenoxy) is 1. The molecule has 0 saturated carbocycles. The van der Waals surface area contributed by atoms with Gasteiger partial charge < -0.3 is 4.74 Å². The van der Waals surface area contributed by atoms with Crippen molar-refractivity contribution in [3.05, 3.63) is 50.5 Å². The van der Waals surface area contributed by atoms with Crippen molar-refractivity contribution >= 4 is 11.6 Å². The number of fused-ring (bicyclic) bond motifs is 1. The maximum Gasteiger partial charge on any atom is 0.431 e. The van der Waals surface area contributed by atoms with Gasteiger partial charge in [-0.3, -0.25) is 19.1 Å². The van der Waals surface area contributed by atoms with Crippen LogP contribution < -0.4 is 20.9 Å². The molecule has 3 rings (SSSR count). The summed E-state index contributed by atoms with van der Waals surface area (Å²) in [5.41, 5.74) is -4.94. The number of carbonyl (C=O) groups is 1. The molecule has 0 atom stereocenters. The average Bonchev–Trinajstić information content (AvgIpc) is 2.68. The van der Waals surface area contributed by atoms with E-state index in [1.165, 1.54) is 0 Å². The summed E-state index contributed by atoms with van der Waals surface area (Å²) >= 11 is 0. The Morgan fingerprint density at radius 2 is 1.77 bits per heavy atom. The maximum absolute atomic E-state index is 14.5. The summed E-state index contributed by atoms with van der Waals surface area (Å²) in [5, 5.41) is 0. The van der Waals surface area contributed by atoms with Gasteiger partial charge in [0.1, 0.15) is 11.4 Å². The summed E-state index contributed by atoms with van der Waals surface area (Å²) in [5.74, 6) is 0.523. The molecule has 1 aliphatic heterocycles. The quantitative estimate of drug-likeness (QED) is 0.544. The van der Waals surface area contributed by atoms with Crippen LogP contribution in [-0.4, -0.2) is 28.2 Å². The number of amides is 1. The fourth-order valence-electron chi connectivity index (χ4n) is 2.77. The van der Waals surface area contributed by atoms with Crippen molar-refractivity contribution in [2.45, 2.75) is 20.0 Å². The molecule has 0 saturated heterocycles. The average molecular weight is 427 g/mol. The highest BCUT2D eigenvalue weighted by molar-refractivity contribution is 5.98. The third kappa shape index (κ3) is 3.94. The van der Waals surface area contributed by atoms with Crippen LogP contribution in [0.15, 0.2) is 27.8 Å². The van der Waals surface area contributed by atoms with Gasteiger partial charge in [0.25, 0.3) is 11.5 Å². The van der Waals surface area contributed by atoms with E-state index in [1.807, 2.05) is 13.8 Å². The lowest BCUT2D eigenvalue weighted by Gasteiger charge is -2.28. The van der Waals surface area contributed by atoms with E-state index in [2.05, 4.69) is 5.92 Å². The third-order valence-electron chi connectivity index (χ3n) is 4.07. The number of nitrogens with zero attached hydrogens (tertiary/aromatic N) is 3. The smallest absolute Gasteiger partial charge is 0.431 e. The molecule has 160 valence electrons. The number of hydrogen-bond donors (Lipinski definition) is 0. The molecular weight excluding hydrogens is 410 g/mol. The van der Waals surface area contributed by atoms with Crippen LogP contribution in [0.3, 0.4) is 0 Å². The highest BCUT2D eigenvalue weighted by Gasteiger charge is 2.35. The first-order chi connectivity index (χ1) is 14.1. The van der Waals surface area contributed by atoms with Gasteiger partial charge in [-0.1, -0.05) is 19.8 Å². The Kier molecular flexibility index (Phi) is 6.40. The predicted octanol–water partition coefficient (Wildman–Crippen LogP) is 2.08. The molecular formula is C19H17F4N3O4. The number of aromatic nitrogens is 2. The lowest BCUT2D eigenvalue weighted by Crippen LogP contribution is -2.42. The standard InChI is InChI=1S/C17H11F4N3O4.C2H6/c1-3-4-23-11-6-10(9(18)5-12(11)28-8-15(23)26)24-14(25)7-13(17(19,20)21)22(2)16(24)27;1-2/h1,5-7H,4,8H2,2H3;1-2H3. The molecule has 30 heavy (non-hydrogen) atoms. The molecule has 2 aromatic rings. The minimum absolute atomic E-state index is 0.0144. The monoisotopic (exact) mass is 427 g/mol. The van der Waals surface area contributed by atoms with Crippen molar-refractivity contribution in [2.75, 3.05) is 18.1 Å². The van der Waals surface area contributed by atoms with Crippen LogP contribution in [0.4, 0.5) is 23.2 Å². The third-order valence-corrected chi connectivity index (χ3v) is 4.07. The summed E-state index contributed by atoms with van der Waals surface area (Å²) in [6.07, 6.45) is 0.255. The molecule has 0 N–H and O–H groups in total. The van der Waals surface area contributed by atoms with Crippen LogP contribution in [-0.2, 0) is 18.0 Å². The molecule has 0 bridgehead atoms. The highest BCUT2D eigenvalue weighted by atomic mass is 19.4. The summed E-state index contributed by atoms with van der Waals surface area (Å²) in [6, 6.07) is 1.96. The molecule has 0 aliphatic carbocycles. The number of terminal acetylenes is 1. The van der Waals surface area contributed by atoms with Crippen LogP contribution in [0.2, 0.25) is 0 Å². The van der Waals surface area contributed by atoms with Crippen LogP contribution in [0, 0.1) is 18.2 Å². The van der Waals surface area contributed by atoms with E-state index in [9.17, 15) is 31.9 Å². The Bertz CT molecular complexity index is 1140. The number of anilines is 1. The number of halogens is 4. The molecule has 0 spiro atoms. The molecule has 0 unspecified atom stereocenters. The Labute approximate surface area is 168 Å². The van der Waals surface area contributed by atoms with Gasteiger partial charge in [0, 0.05) is 19.2 Å². The molecule has 1 amide bonds. The predicted molar refractivity (Wildman–Crippen MR) is 100 cm³/mol. The Morgan fingerprint density at radius 3 is 2.33 bits per heavy atom. The second-order valence-corrected chi connectivity index (χ2v) is 5.79. The summed E-state index contributed by atoms with van der Waals surface area (Å²) in [4.78, 5) is 37.6. The second kappa shape index (κ2) is 8.44. The van der Waals surface area contributed by atoms with E-state index in [1.54, 1.807) is 0 Å². The Hall–Kier alpha value is -3.55. The first-order valence-corrected chi connectivity index (χ1v) is 8.67. The molecule has 0 fully saturated rings. The molecule has 0 radical (unpaired) electrons. The summed E-state index contributed by atoms with van der Waals surface area (Å²) < 4.78 is 59.0. The van der Waals surface area contributed by atoms with Crippen LogP contribution >= 0.6 is 0 Å². The van der Waals surface area contributed by atoms with E-state index >= 15 is 0 Å². The van der Waals surface area contributed by atoms with Crippen molar-refractivity contribution in [1.82, 2.24) is 9.13 Å². The molecule has 11 heteroatoms. The number of rotatable bonds is 2. The number of alkyl halides is 3. The van der Waals surface area contributed by atoms with Crippen LogP contribution in [0.25, 0.3) is 5.69 Å². The van der Waals surface area contributed by atoms with Gasteiger partial charge in [-0.15, -0.1) is 6.42 Å². The fourth-order valence-corrected chi connectivity index (χ4v) is 2.77. The zero-order valence-electron chi connectivity index (χ0n) is 16.2. The maximum atomic E-state index is 14.5.